The van der Waals surface area contributed by atoms with Crippen LogP contribution < -0.4 is 9.64 Å². The molecule has 0 aliphatic carbocycles. The summed E-state index contributed by atoms with van der Waals surface area (Å²) < 4.78 is 24.6. The normalized spacial score (nSPS) is 20.0. The molecule has 0 saturated carbocycles. The smallest absolute Gasteiger partial charge is 0.265 e. The lowest BCUT2D eigenvalue weighted by Crippen LogP contribution is -2.45. The predicted octanol–water partition coefficient (Wildman–Crippen LogP) is 3.08. The van der Waals surface area contributed by atoms with E-state index in [0.29, 0.717) is 30.0 Å². The van der Waals surface area contributed by atoms with Gasteiger partial charge in [0.15, 0.2) is 6.61 Å². The number of halogens is 1. The van der Waals surface area contributed by atoms with Crippen molar-refractivity contribution in [3.63, 3.8) is 0 Å². The van der Waals surface area contributed by atoms with Crippen LogP contribution >= 0.6 is 0 Å². The molecule has 3 rings (SSSR count). The molecule has 2 aliphatic heterocycles. The Morgan fingerprint density at radius 2 is 2.08 bits per heavy atom. The van der Waals surface area contributed by atoms with Crippen molar-refractivity contribution in [1.29, 1.82) is 0 Å². The van der Waals surface area contributed by atoms with E-state index in [2.05, 4.69) is 18.7 Å². The molecular weight excluding hydrogens is 335 g/mol. The topological polar surface area (TPSA) is 42.0 Å². The van der Waals surface area contributed by atoms with Crippen LogP contribution in [0, 0.1) is 11.7 Å². The Kier molecular flexibility index (Phi) is 6.48. The highest BCUT2D eigenvalue weighted by molar-refractivity contribution is 5.97. The molecule has 26 heavy (non-hydrogen) atoms. The van der Waals surface area contributed by atoms with Crippen molar-refractivity contribution in [2.24, 2.45) is 5.92 Å². The summed E-state index contributed by atoms with van der Waals surface area (Å²) in [6, 6.07) is 4.35. The Bertz CT molecular complexity index is 617. The number of carbonyl (C=O) groups is 1. The molecule has 0 radical (unpaired) electrons. The molecule has 0 aromatic heterocycles. The predicted molar refractivity (Wildman–Crippen MR) is 99.1 cm³/mol. The highest BCUT2D eigenvalue weighted by Gasteiger charge is 2.28. The van der Waals surface area contributed by atoms with E-state index in [1.165, 1.54) is 12.1 Å². The number of piperidine rings is 1. The molecule has 1 fully saturated rings. The Balaban J connectivity index is 1.52. The van der Waals surface area contributed by atoms with Gasteiger partial charge in [-0.15, -0.1) is 0 Å². The molecule has 1 unspecified atom stereocenters. The second-order valence-electron chi connectivity index (χ2n) is 7.38. The number of amides is 1. The zero-order valence-electron chi connectivity index (χ0n) is 15.7. The van der Waals surface area contributed by atoms with E-state index in [1.807, 2.05) is 0 Å². The van der Waals surface area contributed by atoms with Gasteiger partial charge in [0.2, 0.25) is 0 Å². The number of anilines is 1. The molecule has 5 nitrogen and oxygen atoms in total. The molecule has 1 aromatic carbocycles. The Morgan fingerprint density at radius 1 is 1.31 bits per heavy atom. The van der Waals surface area contributed by atoms with E-state index in [0.717, 1.165) is 45.5 Å². The fourth-order valence-corrected chi connectivity index (χ4v) is 3.73. The van der Waals surface area contributed by atoms with Gasteiger partial charge in [0.1, 0.15) is 11.6 Å². The van der Waals surface area contributed by atoms with Crippen LogP contribution in [0.4, 0.5) is 10.1 Å². The summed E-state index contributed by atoms with van der Waals surface area (Å²) in [5.74, 6) is 0.357. The van der Waals surface area contributed by atoms with Crippen molar-refractivity contribution < 1.29 is 18.7 Å². The number of benzene rings is 1. The zero-order chi connectivity index (χ0) is 18.5. The van der Waals surface area contributed by atoms with Crippen LogP contribution in [0.1, 0.15) is 33.1 Å². The number of fused-ring (bicyclic) bond motifs is 1. The molecule has 0 bridgehead atoms. The van der Waals surface area contributed by atoms with Crippen molar-refractivity contribution in [2.75, 3.05) is 44.3 Å². The minimum absolute atomic E-state index is 0.0245. The zero-order valence-corrected chi connectivity index (χ0v) is 15.7. The van der Waals surface area contributed by atoms with Crippen LogP contribution in [0.25, 0.3) is 0 Å². The van der Waals surface area contributed by atoms with Gasteiger partial charge in [-0.1, -0.05) is 13.8 Å². The van der Waals surface area contributed by atoms with Crippen molar-refractivity contribution in [1.82, 2.24) is 4.90 Å². The largest absolute Gasteiger partial charge is 0.481 e. The van der Waals surface area contributed by atoms with Crippen LogP contribution in [0.15, 0.2) is 18.2 Å². The molecule has 144 valence electrons. The summed E-state index contributed by atoms with van der Waals surface area (Å²) >= 11 is 0. The van der Waals surface area contributed by atoms with E-state index < -0.39 is 0 Å². The van der Waals surface area contributed by atoms with E-state index in [4.69, 9.17) is 9.47 Å². The van der Waals surface area contributed by atoms with Gasteiger partial charge in [-0.2, -0.15) is 0 Å². The maximum Gasteiger partial charge on any atom is 0.265 e. The fourth-order valence-electron chi connectivity index (χ4n) is 3.73. The monoisotopic (exact) mass is 364 g/mol. The summed E-state index contributed by atoms with van der Waals surface area (Å²) in [6.07, 6.45) is 3.61. The number of ether oxygens (including phenoxy) is 2. The Hall–Kier alpha value is -1.66. The van der Waals surface area contributed by atoms with Gasteiger partial charge in [-0.05, 0) is 37.3 Å². The first-order chi connectivity index (χ1) is 12.6. The maximum absolute atomic E-state index is 13.4. The van der Waals surface area contributed by atoms with Crippen LogP contribution in [-0.2, 0) is 9.53 Å². The SMILES string of the molecule is CCCOC1CCN(CC(C)CN2C(=O)COc3cc(F)ccc32)CC1. The van der Waals surface area contributed by atoms with Gasteiger partial charge in [-0.3, -0.25) is 4.79 Å². The number of rotatable bonds is 7. The second-order valence-corrected chi connectivity index (χ2v) is 7.38. The molecular formula is C20H29FN2O3. The minimum Gasteiger partial charge on any atom is -0.481 e. The third-order valence-electron chi connectivity index (χ3n) is 5.02. The summed E-state index contributed by atoms with van der Waals surface area (Å²) in [5, 5.41) is 0. The van der Waals surface area contributed by atoms with E-state index in [9.17, 15) is 9.18 Å². The van der Waals surface area contributed by atoms with Crippen LogP contribution in [0.5, 0.6) is 5.75 Å². The van der Waals surface area contributed by atoms with Gasteiger partial charge in [0, 0.05) is 38.9 Å². The van der Waals surface area contributed by atoms with Gasteiger partial charge >= 0.3 is 0 Å². The van der Waals surface area contributed by atoms with Crippen molar-refractivity contribution >= 4 is 11.6 Å². The number of carbonyl (C=O) groups excluding carboxylic acids is 1. The van der Waals surface area contributed by atoms with Crippen molar-refractivity contribution in [2.45, 2.75) is 39.2 Å². The minimum atomic E-state index is -0.348. The summed E-state index contributed by atoms with van der Waals surface area (Å²) in [7, 11) is 0. The molecule has 2 aliphatic rings. The molecule has 0 spiro atoms. The molecule has 0 N–H and O–H groups in total. The summed E-state index contributed by atoms with van der Waals surface area (Å²) in [6.45, 7) is 8.76. The van der Waals surface area contributed by atoms with Gasteiger partial charge < -0.3 is 19.3 Å². The third kappa shape index (κ3) is 4.74. The first kappa shape index (κ1) is 19.1. The van der Waals surface area contributed by atoms with Gasteiger partial charge in [0.25, 0.3) is 5.91 Å². The number of likely N-dealkylation sites (tertiary alicyclic amines) is 1. The van der Waals surface area contributed by atoms with Crippen molar-refractivity contribution in [3.8, 4) is 5.75 Å². The standard InChI is InChI=1S/C20H29FN2O3/c1-3-10-25-17-6-8-22(9-7-17)12-15(2)13-23-18-5-4-16(21)11-19(18)26-14-20(23)24/h4-5,11,15,17H,3,6-10,12-14H2,1-2H3. The lowest BCUT2D eigenvalue weighted by molar-refractivity contribution is -0.121. The third-order valence-corrected chi connectivity index (χ3v) is 5.02. The first-order valence-corrected chi connectivity index (χ1v) is 9.63. The van der Waals surface area contributed by atoms with Crippen LogP contribution in [0.2, 0.25) is 0 Å². The lowest BCUT2D eigenvalue weighted by Gasteiger charge is -2.36. The Labute approximate surface area is 155 Å². The summed E-state index contributed by atoms with van der Waals surface area (Å²) in [4.78, 5) is 16.5. The van der Waals surface area contributed by atoms with E-state index >= 15 is 0 Å². The maximum atomic E-state index is 13.4. The number of nitrogens with zero attached hydrogens (tertiary/aromatic N) is 2. The molecule has 1 amide bonds. The van der Waals surface area contributed by atoms with Gasteiger partial charge in [-0.25, -0.2) is 4.39 Å². The average Bonchev–Trinajstić information content (AvgIpc) is 2.63. The van der Waals surface area contributed by atoms with E-state index in [1.54, 1.807) is 11.0 Å². The average molecular weight is 364 g/mol. The number of hydrogen-bond acceptors (Lipinski definition) is 4. The molecule has 6 heteroatoms. The summed E-state index contributed by atoms with van der Waals surface area (Å²) in [5.41, 5.74) is 0.668. The Morgan fingerprint density at radius 3 is 2.81 bits per heavy atom. The number of hydrogen-bond donors (Lipinski definition) is 0. The quantitative estimate of drug-likeness (QED) is 0.746. The van der Waals surface area contributed by atoms with Crippen molar-refractivity contribution in [3.05, 3.63) is 24.0 Å². The molecule has 2 heterocycles. The second kappa shape index (κ2) is 8.82. The first-order valence-electron chi connectivity index (χ1n) is 9.63. The molecule has 1 aromatic rings. The fraction of sp³-hybridized carbons (Fsp3) is 0.650. The molecule has 1 atom stereocenters. The lowest BCUT2D eigenvalue weighted by atomic mass is 10.0. The van der Waals surface area contributed by atoms with Crippen LogP contribution in [0.3, 0.4) is 0 Å². The highest BCUT2D eigenvalue weighted by atomic mass is 19.1. The van der Waals surface area contributed by atoms with Gasteiger partial charge in [0.05, 0.1) is 11.8 Å². The van der Waals surface area contributed by atoms with E-state index in [-0.39, 0.29) is 18.3 Å². The van der Waals surface area contributed by atoms with Crippen LogP contribution in [-0.4, -0.2) is 56.3 Å². The highest BCUT2D eigenvalue weighted by Crippen LogP contribution is 2.33. The molecule has 1 saturated heterocycles.